The highest BCUT2D eigenvalue weighted by molar-refractivity contribution is 7.13. The number of carbonyl (C=O) groups excluding carboxylic acids is 1. The van der Waals surface area contributed by atoms with E-state index in [9.17, 15) is 9.59 Å². The Hall–Kier alpha value is -1.69. The Labute approximate surface area is 108 Å². The van der Waals surface area contributed by atoms with E-state index in [2.05, 4.69) is 4.37 Å². The molecule has 0 aromatic carbocycles. The lowest BCUT2D eigenvalue weighted by atomic mass is 10.2. The van der Waals surface area contributed by atoms with Gasteiger partial charge in [-0.25, -0.2) is 4.79 Å². The molecular weight excluding hydrogens is 252 g/mol. The predicted octanol–water partition coefficient (Wildman–Crippen LogP) is 1.96. The van der Waals surface area contributed by atoms with Gasteiger partial charge < -0.3 is 9.30 Å². The Kier molecular flexibility index (Phi) is 3.47. The van der Waals surface area contributed by atoms with E-state index in [4.69, 9.17) is 4.74 Å². The van der Waals surface area contributed by atoms with Gasteiger partial charge in [-0.3, -0.25) is 4.79 Å². The summed E-state index contributed by atoms with van der Waals surface area (Å²) in [6.45, 7) is 6.36. The SMILES string of the molecule is CCOC(=O)c1cn(CC)c2snc(C)c2c1=O. The lowest BCUT2D eigenvalue weighted by molar-refractivity contribution is 0.0524. The number of rotatable bonds is 3. The first-order valence-electron chi connectivity index (χ1n) is 5.76. The van der Waals surface area contributed by atoms with E-state index in [-0.39, 0.29) is 17.6 Å². The van der Waals surface area contributed by atoms with Gasteiger partial charge in [0.1, 0.15) is 10.4 Å². The number of ether oxygens (including phenoxy) is 1. The van der Waals surface area contributed by atoms with Gasteiger partial charge in [0.2, 0.25) is 5.43 Å². The zero-order chi connectivity index (χ0) is 13.3. The minimum atomic E-state index is -0.572. The van der Waals surface area contributed by atoms with Gasteiger partial charge in [0, 0.05) is 12.7 Å². The number of hydrogen-bond acceptors (Lipinski definition) is 5. The van der Waals surface area contributed by atoms with Crippen molar-refractivity contribution >= 4 is 27.7 Å². The molecule has 6 heteroatoms. The van der Waals surface area contributed by atoms with Gasteiger partial charge >= 0.3 is 5.97 Å². The second kappa shape index (κ2) is 4.89. The van der Waals surface area contributed by atoms with Crippen molar-refractivity contribution in [3.05, 3.63) is 27.7 Å². The minimum Gasteiger partial charge on any atom is -0.462 e. The van der Waals surface area contributed by atoms with E-state index in [1.807, 2.05) is 11.5 Å². The van der Waals surface area contributed by atoms with Crippen molar-refractivity contribution in [2.24, 2.45) is 0 Å². The van der Waals surface area contributed by atoms with Crippen LogP contribution in [-0.2, 0) is 11.3 Å². The van der Waals surface area contributed by atoms with Crippen molar-refractivity contribution in [3.63, 3.8) is 0 Å². The van der Waals surface area contributed by atoms with Crippen LogP contribution in [0, 0.1) is 6.92 Å². The van der Waals surface area contributed by atoms with Gasteiger partial charge in [0.05, 0.1) is 17.7 Å². The molecule has 0 amide bonds. The molecule has 2 aromatic heterocycles. The molecule has 2 heterocycles. The molecule has 0 saturated carbocycles. The van der Waals surface area contributed by atoms with Crippen LogP contribution in [0.4, 0.5) is 0 Å². The van der Waals surface area contributed by atoms with Gasteiger partial charge in [-0.1, -0.05) is 0 Å². The van der Waals surface area contributed by atoms with Crippen molar-refractivity contribution in [1.82, 2.24) is 8.94 Å². The number of hydrogen-bond donors (Lipinski definition) is 0. The summed E-state index contributed by atoms with van der Waals surface area (Å²) < 4.78 is 10.9. The molecule has 0 aliphatic heterocycles. The molecule has 0 radical (unpaired) electrons. The lowest BCUT2D eigenvalue weighted by Crippen LogP contribution is -2.20. The minimum absolute atomic E-state index is 0.0782. The van der Waals surface area contributed by atoms with Crippen molar-refractivity contribution in [2.45, 2.75) is 27.3 Å². The highest BCUT2D eigenvalue weighted by Gasteiger charge is 2.18. The molecular formula is C12H14N2O3S. The topological polar surface area (TPSA) is 61.2 Å². The van der Waals surface area contributed by atoms with Gasteiger partial charge in [0.15, 0.2) is 0 Å². The van der Waals surface area contributed by atoms with E-state index in [1.54, 1.807) is 20.0 Å². The molecule has 0 saturated heterocycles. The zero-order valence-electron chi connectivity index (χ0n) is 10.5. The third-order valence-electron chi connectivity index (χ3n) is 2.70. The zero-order valence-corrected chi connectivity index (χ0v) is 11.3. The molecule has 0 N–H and O–H groups in total. The molecule has 0 atom stereocenters. The highest BCUT2D eigenvalue weighted by Crippen LogP contribution is 2.20. The smallest absolute Gasteiger partial charge is 0.343 e. The fourth-order valence-electron chi connectivity index (χ4n) is 1.81. The first-order valence-corrected chi connectivity index (χ1v) is 6.54. The molecule has 0 bridgehead atoms. The number of carbonyl (C=O) groups is 1. The summed E-state index contributed by atoms with van der Waals surface area (Å²) in [6, 6.07) is 0. The number of aryl methyl sites for hydroxylation is 2. The molecule has 2 aromatic rings. The van der Waals surface area contributed by atoms with Gasteiger partial charge in [-0.15, -0.1) is 0 Å². The maximum Gasteiger partial charge on any atom is 0.343 e. The number of aromatic nitrogens is 2. The standard InChI is InChI=1S/C12H14N2O3S/c1-4-14-6-8(12(16)17-5-2)10(15)9-7(3)13-18-11(9)14/h6H,4-5H2,1-3H3. The van der Waals surface area contributed by atoms with E-state index < -0.39 is 5.97 Å². The normalized spacial score (nSPS) is 10.8. The second-order valence-corrected chi connectivity index (χ2v) is 4.58. The fraction of sp³-hybridized carbons (Fsp3) is 0.417. The van der Waals surface area contributed by atoms with Gasteiger partial charge in [0.25, 0.3) is 0 Å². The molecule has 0 spiro atoms. The Bertz CT molecular complexity index is 657. The molecule has 0 fully saturated rings. The summed E-state index contributed by atoms with van der Waals surface area (Å²) in [6.07, 6.45) is 1.56. The molecule has 0 aliphatic rings. The van der Waals surface area contributed by atoms with E-state index >= 15 is 0 Å². The van der Waals surface area contributed by atoms with Crippen molar-refractivity contribution in [3.8, 4) is 0 Å². The van der Waals surface area contributed by atoms with E-state index in [1.165, 1.54) is 11.5 Å². The van der Waals surface area contributed by atoms with Gasteiger partial charge in [-0.2, -0.15) is 4.37 Å². The van der Waals surface area contributed by atoms with Crippen molar-refractivity contribution in [1.29, 1.82) is 0 Å². The van der Waals surface area contributed by atoms with Crippen molar-refractivity contribution < 1.29 is 9.53 Å². The maximum absolute atomic E-state index is 12.2. The fourth-order valence-corrected chi connectivity index (χ4v) is 2.75. The molecule has 2 rings (SSSR count). The third-order valence-corrected chi connectivity index (χ3v) is 3.67. The quantitative estimate of drug-likeness (QED) is 0.797. The summed E-state index contributed by atoms with van der Waals surface area (Å²) >= 11 is 1.27. The van der Waals surface area contributed by atoms with Crippen LogP contribution >= 0.6 is 11.5 Å². The molecule has 96 valence electrons. The van der Waals surface area contributed by atoms with Crippen LogP contribution in [0.15, 0.2) is 11.0 Å². The van der Waals surface area contributed by atoms with Crippen LogP contribution in [0.2, 0.25) is 0 Å². The van der Waals surface area contributed by atoms with E-state index in [0.29, 0.717) is 17.6 Å². The number of pyridine rings is 1. The Morgan fingerprint density at radius 2 is 2.22 bits per heavy atom. The van der Waals surface area contributed by atoms with Crippen LogP contribution in [-0.4, -0.2) is 21.5 Å². The predicted molar refractivity (Wildman–Crippen MR) is 70.2 cm³/mol. The number of fused-ring (bicyclic) bond motifs is 1. The molecule has 0 unspecified atom stereocenters. The van der Waals surface area contributed by atoms with E-state index in [0.717, 1.165) is 4.83 Å². The average molecular weight is 266 g/mol. The monoisotopic (exact) mass is 266 g/mol. The molecule has 5 nitrogen and oxygen atoms in total. The van der Waals surface area contributed by atoms with Crippen LogP contribution in [0.5, 0.6) is 0 Å². The Balaban J connectivity index is 2.76. The summed E-state index contributed by atoms with van der Waals surface area (Å²) in [5.74, 6) is -0.572. The van der Waals surface area contributed by atoms with Gasteiger partial charge in [-0.05, 0) is 32.3 Å². The van der Waals surface area contributed by atoms with Crippen LogP contribution in [0.3, 0.4) is 0 Å². The maximum atomic E-state index is 12.2. The highest BCUT2D eigenvalue weighted by atomic mass is 32.1. The third kappa shape index (κ3) is 1.92. The summed E-state index contributed by atoms with van der Waals surface area (Å²) in [7, 11) is 0. The summed E-state index contributed by atoms with van der Waals surface area (Å²) in [5.41, 5.74) is 0.447. The molecule has 18 heavy (non-hydrogen) atoms. The second-order valence-electron chi connectivity index (χ2n) is 3.83. The number of esters is 1. The largest absolute Gasteiger partial charge is 0.462 e. The van der Waals surface area contributed by atoms with Crippen LogP contribution in [0.25, 0.3) is 10.2 Å². The van der Waals surface area contributed by atoms with Crippen molar-refractivity contribution in [2.75, 3.05) is 6.61 Å². The summed E-state index contributed by atoms with van der Waals surface area (Å²) in [4.78, 5) is 24.8. The number of nitrogens with zero attached hydrogens (tertiary/aromatic N) is 2. The average Bonchev–Trinajstić information content (AvgIpc) is 2.73. The van der Waals surface area contributed by atoms with Crippen LogP contribution < -0.4 is 5.43 Å². The molecule has 0 aliphatic carbocycles. The Morgan fingerprint density at radius 1 is 1.50 bits per heavy atom. The van der Waals surface area contributed by atoms with Crippen LogP contribution in [0.1, 0.15) is 29.9 Å². The first-order chi connectivity index (χ1) is 8.60. The lowest BCUT2D eigenvalue weighted by Gasteiger charge is -2.07. The Morgan fingerprint density at radius 3 is 2.83 bits per heavy atom. The summed E-state index contributed by atoms with van der Waals surface area (Å²) in [5, 5.41) is 0.521. The first kappa shape index (κ1) is 12.8.